The summed E-state index contributed by atoms with van der Waals surface area (Å²) in [5.41, 5.74) is 3.51. The van der Waals surface area contributed by atoms with Gasteiger partial charge in [-0.05, 0) is 37.1 Å². The molecule has 0 bridgehead atoms. The number of aryl methyl sites for hydroxylation is 2. The van der Waals surface area contributed by atoms with Crippen LogP contribution in [-0.4, -0.2) is 27.0 Å². The molecule has 0 radical (unpaired) electrons. The fraction of sp³-hybridized carbons (Fsp3) is 0.409. The fourth-order valence-electron chi connectivity index (χ4n) is 3.39. The Balaban J connectivity index is 0.00000280. The van der Waals surface area contributed by atoms with Gasteiger partial charge in [-0.2, -0.15) is 0 Å². The van der Waals surface area contributed by atoms with Gasteiger partial charge in [-0.3, -0.25) is 5.41 Å². The second kappa shape index (κ2) is 10.3. The summed E-state index contributed by atoms with van der Waals surface area (Å²) in [4.78, 5) is 0. The van der Waals surface area contributed by atoms with Crippen molar-refractivity contribution in [1.29, 1.82) is 5.41 Å². The van der Waals surface area contributed by atoms with Crippen LogP contribution in [0.1, 0.15) is 31.7 Å². The number of rotatable bonds is 9. The van der Waals surface area contributed by atoms with Gasteiger partial charge >= 0.3 is 0 Å². The first-order chi connectivity index (χ1) is 13.1. The normalized spacial score (nSPS) is 12.0. The summed E-state index contributed by atoms with van der Waals surface area (Å²) < 4.78 is 9.70. The number of aliphatic hydroxyl groups is 1. The summed E-state index contributed by atoms with van der Waals surface area (Å²) in [6, 6.07) is 15.8. The highest BCUT2D eigenvalue weighted by Gasteiger charge is 2.14. The first-order valence-electron chi connectivity index (χ1n) is 9.71. The Morgan fingerprint density at radius 3 is 2.32 bits per heavy atom. The van der Waals surface area contributed by atoms with Gasteiger partial charge in [-0.15, -0.1) is 12.4 Å². The van der Waals surface area contributed by atoms with Crippen LogP contribution in [0.25, 0.3) is 11.0 Å². The topological polar surface area (TPSA) is 63.2 Å². The van der Waals surface area contributed by atoms with Crippen LogP contribution in [0.2, 0.25) is 0 Å². The Hall–Kier alpha value is -2.24. The predicted octanol–water partition coefficient (Wildman–Crippen LogP) is 4.28. The molecule has 0 aliphatic rings. The van der Waals surface area contributed by atoms with Gasteiger partial charge in [0.2, 0.25) is 5.62 Å². The lowest BCUT2D eigenvalue weighted by Crippen LogP contribution is -2.31. The summed E-state index contributed by atoms with van der Waals surface area (Å²) in [7, 11) is 0. The summed E-state index contributed by atoms with van der Waals surface area (Å²) in [6.45, 7) is 5.54. The van der Waals surface area contributed by atoms with E-state index in [2.05, 4.69) is 6.92 Å². The molecule has 1 aromatic heterocycles. The number of halogens is 1. The van der Waals surface area contributed by atoms with Crippen LogP contribution >= 0.6 is 12.4 Å². The Labute approximate surface area is 172 Å². The van der Waals surface area contributed by atoms with Gasteiger partial charge in [0.1, 0.15) is 18.5 Å². The first kappa shape index (κ1) is 22.1. The summed E-state index contributed by atoms with van der Waals surface area (Å²) in [5.74, 6) is 0.787. The minimum absolute atomic E-state index is 0. The molecule has 28 heavy (non-hydrogen) atoms. The number of unbranched alkanes of at least 4 members (excludes halogenated alkanes) is 2. The molecule has 152 valence electrons. The molecule has 0 saturated heterocycles. The van der Waals surface area contributed by atoms with Gasteiger partial charge in [0, 0.05) is 6.54 Å². The number of aromatic nitrogens is 2. The van der Waals surface area contributed by atoms with Crippen molar-refractivity contribution in [2.75, 3.05) is 6.61 Å². The van der Waals surface area contributed by atoms with Crippen LogP contribution in [0.5, 0.6) is 5.75 Å². The van der Waals surface area contributed by atoms with Crippen LogP contribution in [0.3, 0.4) is 0 Å². The van der Waals surface area contributed by atoms with Crippen molar-refractivity contribution < 1.29 is 9.84 Å². The van der Waals surface area contributed by atoms with E-state index < -0.39 is 6.10 Å². The molecule has 3 aromatic rings. The average molecular weight is 404 g/mol. The monoisotopic (exact) mass is 403 g/mol. The zero-order valence-corrected chi connectivity index (χ0v) is 17.4. The fourth-order valence-corrected chi connectivity index (χ4v) is 3.39. The van der Waals surface area contributed by atoms with Crippen LogP contribution in [-0.2, 0) is 13.1 Å². The zero-order chi connectivity index (χ0) is 19.2. The lowest BCUT2D eigenvalue weighted by molar-refractivity contribution is 0.0917. The Morgan fingerprint density at radius 1 is 1.00 bits per heavy atom. The molecule has 0 saturated carbocycles. The highest BCUT2D eigenvalue weighted by molar-refractivity contribution is 5.85. The Kier molecular flexibility index (Phi) is 8.15. The van der Waals surface area contributed by atoms with E-state index in [1.165, 1.54) is 0 Å². The molecule has 1 heterocycles. The van der Waals surface area contributed by atoms with Gasteiger partial charge in [-0.25, -0.2) is 0 Å². The minimum Gasteiger partial charge on any atom is -0.491 e. The number of para-hydroxylation sites is 3. The zero-order valence-electron chi connectivity index (χ0n) is 16.6. The van der Waals surface area contributed by atoms with E-state index in [4.69, 9.17) is 10.1 Å². The molecule has 0 fully saturated rings. The number of benzene rings is 2. The van der Waals surface area contributed by atoms with E-state index >= 15 is 0 Å². The van der Waals surface area contributed by atoms with E-state index in [1.54, 1.807) is 0 Å². The predicted molar refractivity (Wildman–Crippen MR) is 115 cm³/mol. The molecule has 0 amide bonds. The molecular formula is C22H30ClN3O2. The van der Waals surface area contributed by atoms with Crippen molar-refractivity contribution in [1.82, 2.24) is 9.13 Å². The third-order valence-corrected chi connectivity index (χ3v) is 4.88. The minimum atomic E-state index is -0.686. The average Bonchev–Trinajstić information content (AvgIpc) is 2.93. The summed E-state index contributed by atoms with van der Waals surface area (Å²) >= 11 is 0. The first-order valence-corrected chi connectivity index (χ1v) is 9.71. The maximum absolute atomic E-state index is 10.5. The van der Waals surface area contributed by atoms with Crippen molar-refractivity contribution in [3.05, 3.63) is 59.7 Å². The van der Waals surface area contributed by atoms with E-state index in [-0.39, 0.29) is 19.0 Å². The van der Waals surface area contributed by atoms with E-state index in [9.17, 15) is 5.11 Å². The van der Waals surface area contributed by atoms with Gasteiger partial charge < -0.3 is 19.0 Å². The van der Waals surface area contributed by atoms with E-state index in [1.807, 2.05) is 64.6 Å². The van der Waals surface area contributed by atoms with Crippen LogP contribution in [0, 0.1) is 12.3 Å². The van der Waals surface area contributed by atoms with Gasteiger partial charge in [-0.1, -0.05) is 50.1 Å². The molecular weight excluding hydrogens is 374 g/mol. The number of aliphatic hydroxyl groups excluding tert-OH is 1. The molecule has 0 spiro atoms. The lowest BCUT2D eigenvalue weighted by atomic mass is 10.2. The lowest BCUT2D eigenvalue weighted by Gasteiger charge is -2.15. The maximum atomic E-state index is 10.5. The van der Waals surface area contributed by atoms with Crippen molar-refractivity contribution in [3.8, 4) is 5.75 Å². The summed E-state index contributed by atoms with van der Waals surface area (Å²) in [6.07, 6.45) is 2.67. The molecule has 2 N–H and O–H groups in total. The van der Waals surface area contributed by atoms with Gasteiger partial charge in [0.05, 0.1) is 17.6 Å². The van der Waals surface area contributed by atoms with Gasteiger partial charge in [0.15, 0.2) is 0 Å². The number of nitrogens with one attached hydrogen (secondary N) is 1. The largest absolute Gasteiger partial charge is 0.491 e. The van der Waals surface area contributed by atoms with E-state index in [0.29, 0.717) is 12.2 Å². The number of nitrogens with zero attached hydrogens (tertiary/aromatic N) is 2. The number of imidazole rings is 1. The highest BCUT2D eigenvalue weighted by atomic mass is 35.5. The Bertz CT molecular complexity index is 948. The Morgan fingerprint density at radius 2 is 1.64 bits per heavy atom. The summed E-state index contributed by atoms with van der Waals surface area (Å²) in [5, 5.41) is 19.1. The highest BCUT2D eigenvalue weighted by Crippen LogP contribution is 2.17. The number of fused-ring (bicyclic) bond motifs is 1. The van der Waals surface area contributed by atoms with Gasteiger partial charge in [0.25, 0.3) is 0 Å². The van der Waals surface area contributed by atoms with Crippen molar-refractivity contribution in [2.24, 2.45) is 0 Å². The SMILES string of the molecule is CCCCCn1c(=N)n(CC(O)COc2ccccc2C)c2ccccc21.Cl. The maximum Gasteiger partial charge on any atom is 0.203 e. The molecule has 0 aliphatic heterocycles. The number of ether oxygens (including phenoxy) is 1. The number of hydrogen-bond donors (Lipinski definition) is 2. The molecule has 1 unspecified atom stereocenters. The van der Waals surface area contributed by atoms with Crippen LogP contribution in [0.15, 0.2) is 48.5 Å². The molecule has 3 rings (SSSR count). The quantitative estimate of drug-likeness (QED) is 0.523. The molecule has 6 heteroatoms. The second-order valence-corrected chi connectivity index (χ2v) is 7.01. The molecule has 5 nitrogen and oxygen atoms in total. The molecule has 2 aromatic carbocycles. The van der Waals surface area contributed by atoms with Crippen molar-refractivity contribution >= 4 is 23.4 Å². The van der Waals surface area contributed by atoms with E-state index in [0.717, 1.165) is 48.2 Å². The second-order valence-electron chi connectivity index (χ2n) is 7.01. The molecule has 1 atom stereocenters. The van der Waals surface area contributed by atoms with Crippen LogP contribution < -0.4 is 10.4 Å². The standard InChI is InChI=1S/C22H29N3O2.ClH/c1-3-4-9-14-24-19-11-6-7-12-20(19)25(22(24)23)15-18(26)16-27-21-13-8-5-10-17(21)2;/h5-8,10-13,18,23,26H,3-4,9,14-16H2,1-2H3;1H. The van der Waals surface area contributed by atoms with Crippen LogP contribution in [0.4, 0.5) is 0 Å². The third kappa shape index (κ3) is 4.97. The third-order valence-electron chi connectivity index (χ3n) is 4.88. The molecule has 0 aliphatic carbocycles. The number of hydrogen-bond acceptors (Lipinski definition) is 3. The smallest absolute Gasteiger partial charge is 0.203 e. The van der Waals surface area contributed by atoms with Crippen molar-refractivity contribution in [2.45, 2.75) is 52.3 Å². The van der Waals surface area contributed by atoms with Crippen molar-refractivity contribution in [3.63, 3.8) is 0 Å².